The van der Waals surface area contributed by atoms with E-state index in [0.717, 1.165) is 30.0 Å². The molecule has 1 aliphatic rings. The average Bonchev–Trinajstić information content (AvgIpc) is 2.59. The Labute approximate surface area is 82.3 Å². The SMILES string of the molecule is CC1=NCCc2c1oc1ccccc21. The first-order valence-corrected chi connectivity index (χ1v) is 4.88. The van der Waals surface area contributed by atoms with Gasteiger partial charge >= 0.3 is 0 Å². The minimum atomic E-state index is 0.891. The van der Waals surface area contributed by atoms with Crippen LogP contribution in [0.1, 0.15) is 18.2 Å². The topological polar surface area (TPSA) is 25.5 Å². The predicted octanol–water partition coefficient (Wildman–Crippen LogP) is 2.80. The molecule has 0 bridgehead atoms. The van der Waals surface area contributed by atoms with Crippen LogP contribution < -0.4 is 0 Å². The van der Waals surface area contributed by atoms with Crippen molar-refractivity contribution in [2.24, 2.45) is 4.99 Å². The summed E-state index contributed by atoms with van der Waals surface area (Å²) in [6.07, 6.45) is 1.00. The van der Waals surface area contributed by atoms with Gasteiger partial charge in [0, 0.05) is 17.5 Å². The van der Waals surface area contributed by atoms with Crippen LogP contribution in [0.3, 0.4) is 0 Å². The van der Waals surface area contributed by atoms with E-state index >= 15 is 0 Å². The average molecular weight is 185 g/mol. The molecule has 0 saturated heterocycles. The molecular weight excluding hydrogens is 174 g/mol. The largest absolute Gasteiger partial charge is 0.455 e. The molecule has 0 radical (unpaired) electrons. The van der Waals surface area contributed by atoms with Crippen LogP contribution in [-0.4, -0.2) is 12.3 Å². The molecule has 0 atom stereocenters. The summed E-state index contributed by atoms with van der Waals surface area (Å²) < 4.78 is 5.77. The highest BCUT2D eigenvalue weighted by Gasteiger charge is 2.18. The van der Waals surface area contributed by atoms with E-state index < -0.39 is 0 Å². The second-order valence-electron chi connectivity index (χ2n) is 3.62. The first kappa shape index (κ1) is 7.80. The molecule has 70 valence electrons. The van der Waals surface area contributed by atoms with Gasteiger partial charge in [-0.05, 0) is 19.4 Å². The molecule has 0 spiro atoms. The number of aliphatic imine (C=N–C) groups is 1. The summed E-state index contributed by atoms with van der Waals surface area (Å²) in [6, 6.07) is 8.19. The second kappa shape index (κ2) is 2.71. The molecule has 3 rings (SSSR count). The smallest absolute Gasteiger partial charge is 0.152 e. The fourth-order valence-electron chi connectivity index (χ4n) is 2.05. The van der Waals surface area contributed by atoms with E-state index in [0.29, 0.717) is 0 Å². The number of benzene rings is 1. The molecule has 0 fully saturated rings. The quantitative estimate of drug-likeness (QED) is 0.619. The van der Waals surface area contributed by atoms with Gasteiger partial charge in [-0.25, -0.2) is 0 Å². The Balaban J connectivity index is 2.40. The van der Waals surface area contributed by atoms with E-state index in [2.05, 4.69) is 17.1 Å². The summed E-state index contributed by atoms with van der Waals surface area (Å²) in [5.41, 5.74) is 3.34. The zero-order chi connectivity index (χ0) is 9.54. The fraction of sp³-hybridized carbons (Fsp3) is 0.250. The molecular formula is C12H11NO. The van der Waals surface area contributed by atoms with E-state index in [9.17, 15) is 0 Å². The van der Waals surface area contributed by atoms with Crippen molar-refractivity contribution in [3.63, 3.8) is 0 Å². The summed E-state index contributed by atoms with van der Waals surface area (Å²) >= 11 is 0. The van der Waals surface area contributed by atoms with E-state index in [1.54, 1.807) is 0 Å². The van der Waals surface area contributed by atoms with Gasteiger partial charge in [-0.15, -0.1) is 0 Å². The summed E-state index contributed by atoms with van der Waals surface area (Å²) in [7, 11) is 0. The zero-order valence-electron chi connectivity index (χ0n) is 8.08. The molecule has 0 saturated carbocycles. The lowest BCUT2D eigenvalue weighted by Gasteiger charge is -2.06. The third-order valence-electron chi connectivity index (χ3n) is 2.74. The molecule has 0 unspecified atom stereocenters. The molecule has 2 heterocycles. The van der Waals surface area contributed by atoms with Gasteiger partial charge < -0.3 is 4.42 Å². The van der Waals surface area contributed by atoms with Crippen molar-refractivity contribution in [1.82, 2.24) is 0 Å². The lowest BCUT2D eigenvalue weighted by atomic mass is 10.0. The summed E-state index contributed by atoms with van der Waals surface area (Å²) in [5.74, 6) is 0.984. The fourth-order valence-corrected chi connectivity index (χ4v) is 2.05. The lowest BCUT2D eigenvalue weighted by molar-refractivity contribution is 0.594. The van der Waals surface area contributed by atoms with Gasteiger partial charge in [0.15, 0.2) is 5.76 Å². The maximum atomic E-state index is 5.77. The third-order valence-corrected chi connectivity index (χ3v) is 2.74. The second-order valence-corrected chi connectivity index (χ2v) is 3.62. The van der Waals surface area contributed by atoms with E-state index in [1.807, 2.05) is 19.1 Å². The van der Waals surface area contributed by atoms with Gasteiger partial charge in [0.1, 0.15) is 5.58 Å². The normalized spacial score (nSPS) is 15.4. The van der Waals surface area contributed by atoms with Gasteiger partial charge in [0.2, 0.25) is 0 Å². The van der Waals surface area contributed by atoms with Crippen LogP contribution in [0.25, 0.3) is 11.0 Å². The molecule has 1 aromatic carbocycles. The van der Waals surface area contributed by atoms with Crippen LogP contribution in [0.5, 0.6) is 0 Å². The summed E-state index contributed by atoms with van der Waals surface area (Å²) in [5, 5.41) is 1.25. The number of fused-ring (bicyclic) bond motifs is 3. The molecule has 0 amide bonds. The number of furan rings is 1. The minimum absolute atomic E-state index is 0.891. The Hall–Kier alpha value is -1.57. The van der Waals surface area contributed by atoms with Gasteiger partial charge in [0.05, 0.1) is 5.71 Å². The Morgan fingerprint density at radius 3 is 3.07 bits per heavy atom. The van der Waals surface area contributed by atoms with E-state index in [4.69, 9.17) is 4.42 Å². The first-order chi connectivity index (χ1) is 6.86. The Morgan fingerprint density at radius 2 is 2.14 bits per heavy atom. The van der Waals surface area contributed by atoms with Crippen LogP contribution in [-0.2, 0) is 6.42 Å². The standard InChI is InChI=1S/C12H11NO/c1-8-12-10(6-7-13-8)9-4-2-3-5-11(9)14-12/h2-5H,6-7H2,1H3. The van der Waals surface area contributed by atoms with Crippen molar-refractivity contribution in [2.75, 3.05) is 6.54 Å². The van der Waals surface area contributed by atoms with Crippen molar-refractivity contribution < 1.29 is 4.42 Å². The molecule has 2 aromatic rings. The van der Waals surface area contributed by atoms with Crippen LogP contribution in [0, 0.1) is 0 Å². The van der Waals surface area contributed by atoms with Crippen LogP contribution in [0.15, 0.2) is 33.7 Å². The van der Waals surface area contributed by atoms with Crippen molar-refractivity contribution in [3.8, 4) is 0 Å². The predicted molar refractivity (Wildman–Crippen MR) is 57.0 cm³/mol. The Morgan fingerprint density at radius 1 is 1.29 bits per heavy atom. The Bertz CT molecular complexity index is 522. The van der Waals surface area contributed by atoms with Crippen molar-refractivity contribution >= 4 is 16.7 Å². The Kier molecular flexibility index (Phi) is 1.51. The van der Waals surface area contributed by atoms with Crippen LogP contribution in [0.4, 0.5) is 0 Å². The highest BCUT2D eigenvalue weighted by atomic mass is 16.3. The van der Waals surface area contributed by atoms with Crippen LogP contribution in [0.2, 0.25) is 0 Å². The van der Waals surface area contributed by atoms with Gasteiger partial charge in [-0.2, -0.15) is 0 Å². The van der Waals surface area contributed by atoms with Crippen molar-refractivity contribution in [3.05, 3.63) is 35.6 Å². The zero-order valence-corrected chi connectivity index (χ0v) is 8.08. The minimum Gasteiger partial charge on any atom is -0.455 e. The highest BCUT2D eigenvalue weighted by molar-refractivity contribution is 6.03. The maximum absolute atomic E-state index is 5.77. The molecule has 0 aliphatic carbocycles. The van der Waals surface area contributed by atoms with Gasteiger partial charge in [-0.1, -0.05) is 18.2 Å². The number of hydrogen-bond acceptors (Lipinski definition) is 2. The van der Waals surface area contributed by atoms with Crippen molar-refractivity contribution in [1.29, 1.82) is 0 Å². The van der Waals surface area contributed by atoms with Crippen molar-refractivity contribution in [2.45, 2.75) is 13.3 Å². The summed E-state index contributed by atoms with van der Waals surface area (Å²) in [4.78, 5) is 4.39. The molecule has 2 heteroatoms. The molecule has 1 aliphatic heterocycles. The van der Waals surface area contributed by atoms with E-state index in [1.165, 1.54) is 10.9 Å². The third kappa shape index (κ3) is 0.939. The molecule has 1 aromatic heterocycles. The van der Waals surface area contributed by atoms with Gasteiger partial charge in [-0.3, -0.25) is 4.99 Å². The molecule has 0 N–H and O–H groups in total. The number of rotatable bonds is 0. The van der Waals surface area contributed by atoms with Crippen LogP contribution >= 0.6 is 0 Å². The lowest BCUT2D eigenvalue weighted by Crippen LogP contribution is -2.06. The maximum Gasteiger partial charge on any atom is 0.152 e. The monoisotopic (exact) mass is 185 g/mol. The van der Waals surface area contributed by atoms with E-state index in [-0.39, 0.29) is 0 Å². The number of hydrogen-bond donors (Lipinski definition) is 0. The molecule has 2 nitrogen and oxygen atoms in total. The summed E-state index contributed by atoms with van der Waals surface area (Å²) in [6.45, 7) is 2.91. The number of para-hydroxylation sites is 1. The number of nitrogens with zero attached hydrogens (tertiary/aromatic N) is 1. The molecule has 14 heavy (non-hydrogen) atoms. The van der Waals surface area contributed by atoms with Gasteiger partial charge in [0.25, 0.3) is 0 Å². The highest BCUT2D eigenvalue weighted by Crippen LogP contribution is 2.28. The first-order valence-electron chi connectivity index (χ1n) is 4.88.